The second-order valence-electron chi connectivity index (χ2n) is 8.02. The van der Waals surface area contributed by atoms with E-state index < -0.39 is 9.84 Å². The van der Waals surface area contributed by atoms with Crippen LogP contribution >= 0.6 is 23.4 Å². The van der Waals surface area contributed by atoms with E-state index in [0.29, 0.717) is 16.3 Å². The molecule has 3 aromatic carbocycles. The van der Waals surface area contributed by atoms with Crippen molar-refractivity contribution in [3.05, 3.63) is 101 Å². The van der Waals surface area contributed by atoms with Crippen LogP contribution < -0.4 is 0 Å². The Morgan fingerprint density at radius 3 is 2.39 bits per heavy atom. The van der Waals surface area contributed by atoms with Crippen LogP contribution in [0.4, 0.5) is 0 Å². The average molecular weight is 534 g/mol. The molecule has 0 aliphatic heterocycles. The maximum atomic E-state index is 13.2. The summed E-state index contributed by atoms with van der Waals surface area (Å²) in [5, 5.41) is 15.0. The van der Waals surface area contributed by atoms with E-state index in [4.69, 9.17) is 16.7 Å². The third kappa shape index (κ3) is 5.90. The minimum Gasteiger partial charge on any atom is -0.240 e. The fraction of sp³-hybridized carbons (Fsp3) is 0.143. The molecule has 4 rings (SSSR count). The van der Waals surface area contributed by atoms with Crippen molar-refractivity contribution < 1.29 is 8.42 Å². The number of hydrogen-bond donors (Lipinski definition) is 0. The maximum absolute atomic E-state index is 13.2. The van der Waals surface area contributed by atoms with Gasteiger partial charge in [0.15, 0.2) is 0 Å². The van der Waals surface area contributed by atoms with Gasteiger partial charge in [-0.2, -0.15) is 10.4 Å². The first-order valence-corrected chi connectivity index (χ1v) is 14.3. The molecular weight excluding hydrogens is 510 g/mol. The second-order valence-corrected chi connectivity index (χ2v) is 11.5. The summed E-state index contributed by atoms with van der Waals surface area (Å²) in [7, 11) is -4.04. The minimum atomic E-state index is -4.04. The van der Waals surface area contributed by atoms with E-state index in [-0.39, 0.29) is 9.80 Å². The number of aromatic nitrogens is 2. The lowest BCUT2D eigenvalue weighted by molar-refractivity contribution is 0.603. The number of rotatable bonds is 9. The monoisotopic (exact) mass is 533 g/mol. The Balaban J connectivity index is 1.78. The number of thioether (sulfide) groups is 1. The zero-order valence-corrected chi connectivity index (χ0v) is 22.0. The molecule has 4 aromatic rings. The Labute approximate surface area is 221 Å². The molecule has 5 nitrogen and oxygen atoms in total. The summed E-state index contributed by atoms with van der Waals surface area (Å²) in [6.45, 7) is 2.17. The van der Waals surface area contributed by atoms with Crippen LogP contribution in [0.25, 0.3) is 23.0 Å². The molecular formula is C28H24ClN3O2S2. The van der Waals surface area contributed by atoms with Crippen molar-refractivity contribution in [1.82, 2.24) is 9.78 Å². The molecule has 0 saturated carbocycles. The third-order valence-corrected chi connectivity index (χ3v) is 8.50. The highest BCUT2D eigenvalue weighted by Gasteiger charge is 2.22. The number of nitriles is 1. The van der Waals surface area contributed by atoms with Crippen molar-refractivity contribution in [2.45, 2.75) is 29.6 Å². The maximum Gasteiger partial charge on any atom is 0.216 e. The van der Waals surface area contributed by atoms with Crippen molar-refractivity contribution in [3.8, 4) is 23.0 Å². The van der Waals surface area contributed by atoms with Crippen molar-refractivity contribution in [1.29, 1.82) is 5.26 Å². The molecule has 1 aromatic heterocycles. The smallest absolute Gasteiger partial charge is 0.216 e. The number of sulfone groups is 1. The number of unbranched alkanes of at least 4 members (excludes halogenated alkanes) is 1. The van der Waals surface area contributed by atoms with Crippen LogP contribution in [-0.4, -0.2) is 24.0 Å². The minimum absolute atomic E-state index is 0.00478. The van der Waals surface area contributed by atoms with Gasteiger partial charge in [0, 0.05) is 27.2 Å². The van der Waals surface area contributed by atoms with Gasteiger partial charge in [-0.1, -0.05) is 55.3 Å². The number of nitrogens with zero attached hydrogens (tertiary/aromatic N) is 3. The van der Waals surface area contributed by atoms with Gasteiger partial charge < -0.3 is 0 Å². The Morgan fingerprint density at radius 1 is 1.06 bits per heavy atom. The first-order valence-electron chi connectivity index (χ1n) is 11.4. The van der Waals surface area contributed by atoms with Crippen LogP contribution in [0, 0.1) is 11.3 Å². The fourth-order valence-electron chi connectivity index (χ4n) is 3.53. The van der Waals surface area contributed by atoms with Crippen molar-refractivity contribution in [3.63, 3.8) is 0 Å². The molecule has 0 aliphatic rings. The van der Waals surface area contributed by atoms with Crippen LogP contribution in [0.1, 0.15) is 25.3 Å². The molecule has 0 unspecified atom stereocenters. The average Bonchev–Trinajstić information content (AvgIpc) is 3.32. The predicted octanol–water partition coefficient (Wildman–Crippen LogP) is 7.42. The largest absolute Gasteiger partial charge is 0.240 e. The summed E-state index contributed by atoms with van der Waals surface area (Å²) in [6.07, 6.45) is 5.43. The topological polar surface area (TPSA) is 75.8 Å². The van der Waals surface area contributed by atoms with E-state index in [0.717, 1.165) is 34.7 Å². The van der Waals surface area contributed by atoms with Crippen LogP contribution in [-0.2, 0) is 9.84 Å². The van der Waals surface area contributed by atoms with E-state index in [1.165, 1.54) is 30.3 Å². The molecule has 0 amide bonds. The first kappa shape index (κ1) is 25.8. The number of hydrogen-bond acceptors (Lipinski definition) is 5. The van der Waals surface area contributed by atoms with E-state index in [1.54, 1.807) is 22.6 Å². The van der Waals surface area contributed by atoms with Gasteiger partial charge >= 0.3 is 0 Å². The van der Waals surface area contributed by atoms with Gasteiger partial charge in [0.05, 0.1) is 10.6 Å². The zero-order chi connectivity index (χ0) is 25.5. The molecule has 182 valence electrons. The predicted molar refractivity (Wildman–Crippen MR) is 147 cm³/mol. The van der Waals surface area contributed by atoms with E-state index in [2.05, 4.69) is 6.92 Å². The van der Waals surface area contributed by atoms with Gasteiger partial charge in [-0.3, -0.25) is 0 Å². The highest BCUT2D eigenvalue weighted by molar-refractivity contribution is 7.99. The van der Waals surface area contributed by atoms with Gasteiger partial charge in [-0.15, -0.1) is 11.8 Å². The highest BCUT2D eigenvalue weighted by atomic mass is 35.5. The van der Waals surface area contributed by atoms with E-state index in [9.17, 15) is 13.7 Å². The van der Waals surface area contributed by atoms with Crippen molar-refractivity contribution in [2.75, 3.05) is 5.75 Å². The normalized spacial score (nSPS) is 11.9. The standard InChI is InChI=1S/C28H24ClN3O2S2/c1-2-3-17-35-25-13-9-21(10-14-25)28-22(20-32(31-28)24-7-5-4-6-8-24)18-27(19-30)36(33,34)26-15-11-23(29)12-16-26/h4-16,18,20H,2-3,17H2,1H3. The fourth-order valence-corrected chi connectivity index (χ4v) is 5.80. The van der Waals surface area contributed by atoms with E-state index in [1.807, 2.05) is 60.7 Å². The van der Waals surface area contributed by atoms with E-state index >= 15 is 0 Å². The molecule has 0 atom stereocenters. The van der Waals surface area contributed by atoms with Gasteiger partial charge in [-0.25, -0.2) is 13.1 Å². The van der Waals surface area contributed by atoms with Crippen molar-refractivity contribution >= 4 is 39.3 Å². The Bertz CT molecular complexity index is 1500. The second kappa shape index (κ2) is 11.6. The third-order valence-electron chi connectivity index (χ3n) is 5.47. The van der Waals surface area contributed by atoms with Crippen LogP contribution in [0.3, 0.4) is 0 Å². The van der Waals surface area contributed by atoms with Crippen LogP contribution in [0.15, 0.2) is 99.8 Å². The molecule has 0 bridgehead atoms. The van der Waals surface area contributed by atoms with Gasteiger partial charge in [0.2, 0.25) is 9.84 Å². The van der Waals surface area contributed by atoms with Gasteiger partial charge in [0.1, 0.15) is 16.7 Å². The Hall–Kier alpha value is -3.31. The molecule has 0 aliphatic carbocycles. The molecule has 8 heteroatoms. The summed E-state index contributed by atoms with van der Waals surface area (Å²) < 4.78 is 28.1. The molecule has 0 spiro atoms. The summed E-state index contributed by atoms with van der Waals surface area (Å²) in [6, 6.07) is 25.2. The Morgan fingerprint density at radius 2 is 1.75 bits per heavy atom. The van der Waals surface area contributed by atoms with Crippen LogP contribution in [0.5, 0.6) is 0 Å². The number of para-hydroxylation sites is 1. The number of halogens is 1. The lowest BCUT2D eigenvalue weighted by Gasteiger charge is -2.05. The molecule has 0 saturated heterocycles. The zero-order valence-electron chi connectivity index (χ0n) is 19.6. The van der Waals surface area contributed by atoms with Crippen molar-refractivity contribution in [2.24, 2.45) is 0 Å². The number of allylic oxidation sites excluding steroid dienone is 1. The first-order chi connectivity index (χ1) is 17.4. The lowest BCUT2D eigenvalue weighted by Crippen LogP contribution is -2.03. The highest BCUT2D eigenvalue weighted by Crippen LogP contribution is 2.30. The summed E-state index contributed by atoms with van der Waals surface area (Å²) in [5.74, 6) is 1.06. The number of benzene rings is 3. The molecule has 0 N–H and O–H groups in total. The molecule has 1 heterocycles. The summed E-state index contributed by atoms with van der Waals surface area (Å²) in [4.78, 5) is 0.797. The molecule has 0 fully saturated rings. The quantitative estimate of drug-likeness (QED) is 0.127. The molecule has 36 heavy (non-hydrogen) atoms. The summed E-state index contributed by atoms with van der Waals surface area (Å²) >= 11 is 7.72. The molecule has 0 radical (unpaired) electrons. The van der Waals surface area contributed by atoms with Gasteiger partial charge in [0.25, 0.3) is 0 Å². The summed E-state index contributed by atoms with van der Waals surface area (Å²) in [5.41, 5.74) is 2.77. The Kier molecular flexibility index (Phi) is 8.32. The SMILES string of the molecule is CCCCSc1ccc(-c2nn(-c3ccccc3)cc2C=C(C#N)S(=O)(=O)c2ccc(Cl)cc2)cc1. The lowest BCUT2D eigenvalue weighted by atomic mass is 10.1. The van der Waals surface area contributed by atoms with Gasteiger partial charge in [-0.05, 0) is 66.8 Å². The van der Waals surface area contributed by atoms with Crippen LogP contribution in [0.2, 0.25) is 5.02 Å².